The number of rotatable bonds is 12. The van der Waals surface area contributed by atoms with Gasteiger partial charge in [0.25, 0.3) is 5.91 Å². The number of amides is 2. The van der Waals surface area contributed by atoms with Crippen molar-refractivity contribution in [3.05, 3.63) is 73.5 Å². The second-order valence-electron chi connectivity index (χ2n) is 9.56. The average Bonchev–Trinajstić information content (AvgIpc) is 3.73. The van der Waals surface area contributed by atoms with E-state index in [-0.39, 0.29) is 41.1 Å². The van der Waals surface area contributed by atoms with Gasteiger partial charge in [0.1, 0.15) is 9.88 Å². The minimum Gasteiger partial charge on any atom is -0.462 e. The molecule has 0 bridgehead atoms. The quantitative estimate of drug-likeness (QED) is 0.145. The molecule has 14 heteroatoms. The van der Waals surface area contributed by atoms with Crippen LogP contribution in [0, 0.1) is 20.8 Å². The number of esters is 2. The van der Waals surface area contributed by atoms with Crippen LogP contribution < -0.4 is 10.6 Å². The Bertz CT molecular complexity index is 1680. The van der Waals surface area contributed by atoms with Crippen LogP contribution in [0.4, 0.5) is 5.00 Å². The molecule has 1 atom stereocenters. The molecule has 0 spiro atoms. The lowest BCUT2D eigenvalue weighted by atomic mass is 10.1. The second-order valence-corrected chi connectivity index (χ2v) is 12.8. The van der Waals surface area contributed by atoms with Gasteiger partial charge < -0.3 is 20.1 Å². The largest absolute Gasteiger partial charge is 0.462 e. The molecular weight excluding hydrogens is 623 g/mol. The van der Waals surface area contributed by atoms with Crippen molar-refractivity contribution in [2.24, 2.45) is 0 Å². The molecule has 44 heavy (non-hydrogen) atoms. The van der Waals surface area contributed by atoms with E-state index in [0.29, 0.717) is 21.4 Å². The predicted octanol–water partition coefficient (Wildman–Crippen LogP) is 5.72. The highest BCUT2D eigenvalue weighted by Crippen LogP contribution is 2.35. The van der Waals surface area contributed by atoms with Crippen molar-refractivity contribution in [3.8, 4) is 5.69 Å². The molecule has 0 aliphatic carbocycles. The highest BCUT2D eigenvalue weighted by molar-refractivity contribution is 8.00. The standard InChI is InChI=1S/C30H33N5O6S3/c1-7-40-28(38)23-18(5)24(29(39)41-8-2)44-27(23)32-25(36)19(6)43-30-34-33-22(15-31-26(37)21-13-10-14-42-21)35(30)20-12-9-11-16(3)17(20)4/h9-14,19H,7-8,15H2,1-6H3,(H,31,37)(H,32,36)/t19-/m1/s1. The lowest BCUT2D eigenvalue weighted by Crippen LogP contribution is -2.25. The summed E-state index contributed by atoms with van der Waals surface area (Å²) in [5.41, 5.74) is 3.38. The number of thiophene rings is 2. The minimum atomic E-state index is -0.694. The molecule has 2 amide bonds. The minimum absolute atomic E-state index is 0.117. The lowest BCUT2D eigenvalue weighted by Gasteiger charge is -2.16. The Morgan fingerprint density at radius 1 is 0.977 bits per heavy atom. The summed E-state index contributed by atoms with van der Waals surface area (Å²) in [6.45, 7) is 11.1. The Kier molecular flexibility index (Phi) is 10.9. The summed E-state index contributed by atoms with van der Waals surface area (Å²) >= 11 is 3.48. The van der Waals surface area contributed by atoms with Gasteiger partial charge in [0.2, 0.25) is 5.91 Å². The van der Waals surface area contributed by atoms with Gasteiger partial charge in [-0.15, -0.1) is 32.9 Å². The topological polar surface area (TPSA) is 142 Å². The molecule has 4 aromatic rings. The molecule has 0 saturated heterocycles. The van der Waals surface area contributed by atoms with Crippen LogP contribution in [0.5, 0.6) is 0 Å². The van der Waals surface area contributed by atoms with Gasteiger partial charge in [-0.05, 0) is 75.7 Å². The van der Waals surface area contributed by atoms with E-state index < -0.39 is 23.1 Å². The van der Waals surface area contributed by atoms with Crippen LogP contribution in [0.25, 0.3) is 5.69 Å². The molecule has 0 aliphatic heterocycles. The van der Waals surface area contributed by atoms with Crippen molar-refractivity contribution in [2.45, 2.75) is 58.5 Å². The van der Waals surface area contributed by atoms with E-state index in [1.54, 1.807) is 33.8 Å². The fraction of sp³-hybridized carbons (Fsp3) is 0.333. The number of carbonyl (C=O) groups is 4. The Morgan fingerprint density at radius 3 is 2.39 bits per heavy atom. The maximum atomic E-state index is 13.5. The zero-order valence-electron chi connectivity index (χ0n) is 25.2. The van der Waals surface area contributed by atoms with Crippen molar-refractivity contribution in [1.82, 2.24) is 20.1 Å². The fourth-order valence-corrected chi connectivity index (χ4v) is 6.84. The number of nitrogens with one attached hydrogen (secondary N) is 2. The molecule has 2 N–H and O–H groups in total. The van der Waals surface area contributed by atoms with E-state index in [2.05, 4.69) is 20.8 Å². The smallest absolute Gasteiger partial charge is 0.348 e. The first-order valence-corrected chi connectivity index (χ1v) is 16.4. The highest BCUT2D eigenvalue weighted by Gasteiger charge is 2.29. The third-order valence-electron chi connectivity index (χ3n) is 6.64. The van der Waals surface area contributed by atoms with Crippen LogP contribution in [-0.2, 0) is 20.8 Å². The fourth-order valence-electron chi connectivity index (χ4n) is 4.23. The Hall–Kier alpha value is -4.01. The molecule has 0 saturated carbocycles. The second kappa shape index (κ2) is 14.6. The van der Waals surface area contributed by atoms with Gasteiger partial charge in [-0.25, -0.2) is 9.59 Å². The number of aromatic nitrogens is 3. The number of ether oxygens (including phenoxy) is 2. The number of hydrogen-bond donors (Lipinski definition) is 2. The summed E-state index contributed by atoms with van der Waals surface area (Å²) in [6, 6.07) is 9.41. The van der Waals surface area contributed by atoms with Crippen molar-refractivity contribution in [3.63, 3.8) is 0 Å². The lowest BCUT2D eigenvalue weighted by molar-refractivity contribution is -0.115. The van der Waals surface area contributed by atoms with Gasteiger partial charge in [0.05, 0.1) is 41.1 Å². The van der Waals surface area contributed by atoms with Crippen LogP contribution >= 0.6 is 34.4 Å². The zero-order valence-corrected chi connectivity index (χ0v) is 27.6. The van der Waals surface area contributed by atoms with Gasteiger partial charge in [-0.1, -0.05) is 30.0 Å². The number of benzene rings is 1. The third-order valence-corrected chi connectivity index (χ3v) is 9.74. The van der Waals surface area contributed by atoms with Crippen LogP contribution in [0.3, 0.4) is 0 Å². The Labute approximate surface area is 267 Å². The molecule has 3 aromatic heterocycles. The first-order chi connectivity index (χ1) is 21.1. The summed E-state index contributed by atoms with van der Waals surface area (Å²) in [6.07, 6.45) is 0. The SMILES string of the molecule is CCOC(=O)c1sc(NC(=O)[C@@H](C)Sc2nnc(CNC(=O)c3cccs3)n2-c2cccc(C)c2C)c(C(=O)OCC)c1C. The molecule has 3 heterocycles. The van der Waals surface area contributed by atoms with E-state index in [1.165, 1.54) is 23.1 Å². The molecule has 1 aromatic carbocycles. The summed E-state index contributed by atoms with van der Waals surface area (Å²) in [4.78, 5) is 52.3. The Morgan fingerprint density at radius 2 is 1.70 bits per heavy atom. The number of hydrogen-bond acceptors (Lipinski definition) is 11. The van der Waals surface area contributed by atoms with Crippen molar-refractivity contribution < 1.29 is 28.7 Å². The van der Waals surface area contributed by atoms with E-state index >= 15 is 0 Å². The van der Waals surface area contributed by atoms with Crippen molar-refractivity contribution >= 4 is 63.2 Å². The van der Waals surface area contributed by atoms with Gasteiger partial charge in [-0.2, -0.15) is 0 Å². The Balaban J connectivity index is 1.62. The predicted molar refractivity (Wildman–Crippen MR) is 171 cm³/mol. The molecule has 4 rings (SSSR count). The first kappa shape index (κ1) is 32.9. The van der Waals surface area contributed by atoms with Crippen molar-refractivity contribution in [2.75, 3.05) is 18.5 Å². The molecule has 0 fully saturated rings. The van der Waals surface area contributed by atoms with Crippen LogP contribution in [-0.4, -0.2) is 57.0 Å². The van der Waals surface area contributed by atoms with Gasteiger partial charge in [0.15, 0.2) is 11.0 Å². The van der Waals surface area contributed by atoms with Gasteiger partial charge in [0, 0.05) is 0 Å². The first-order valence-electron chi connectivity index (χ1n) is 13.8. The molecule has 11 nitrogen and oxygen atoms in total. The average molecular weight is 656 g/mol. The van der Waals surface area contributed by atoms with Crippen LogP contribution in [0.2, 0.25) is 0 Å². The van der Waals surface area contributed by atoms with Crippen LogP contribution in [0.1, 0.15) is 73.0 Å². The van der Waals surface area contributed by atoms with E-state index in [0.717, 1.165) is 28.2 Å². The van der Waals surface area contributed by atoms with Crippen LogP contribution in [0.15, 0.2) is 40.9 Å². The molecule has 232 valence electrons. The maximum absolute atomic E-state index is 13.5. The molecule has 0 radical (unpaired) electrons. The molecular formula is C30H33N5O6S3. The number of carbonyl (C=O) groups excluding carboxylic acids is 4. The van der Waals surface area contributed by atoms with Gasteiger partial charge in [-0.3, -0.25) is 14.2 Å². The summed E-state index contributed by atoms with van der Waals surface area (Å²) < 4.78 is 12.2. The highest BCUT2D eigenvalue weighted by atomic mass is 32.2. The normalized spacial score (nSPS) is 11.6. The number of aryl methyl sites for hydroxylation is 1. The summed E-state index contributed by atoms with van der Waals surface area (Å²) in [7, 11) is 0. The number of nitrogens with zero attached hydrogens (tertiary/aromatic N) is 3. The molecule has 0 unspecified atom stereocenters. The van der Waals surface area contributed by atoms with E-state index in [4.69, 9.17) is 9.47 Å². The maximum Gasteiger partial charge on any atom is 0.348 e. The number of thioether (sulfide) groups is 1. The third kappa shape index (κ3) is 7.20. The van der Waals surface area contributed by atoms with E-state index in [1.807, 2.05) is 48.1 Å². The van der Waals surface area contributed by atoms with E-state index in [9.17, 15) is 19.2 Å². The number of anilines is 1. The summed E-state index contributed by atoms with van der Waals surface area (Å²) in [5, 5.41) is 16.2. The monoisotopic (exact) mass is 655 g/mol. The summed E-state index contributed by atoms with van der Waals surface area (Å²) in [5.74, 6) is -1.36. The zero-order chi connectivity index (χ0) is 32.0. The molecule has 0 aliphatic rings. The van der Waals surface area contributed by atoms with Gasteiger partial charge >= 0.3 is 11.9 Å². The van der Waals surface area contributed by atoms with Crippen molar-refractivity contribution in [1.29, 1.82) is 0 Å².